The number of aromatic nitrogens is 2. The largest absolute Gasteiger partial charge is 0.489 e. The number of carbonyl (C=O) groups is 1. The monoisotopic (exact) mass is 389 g/mol. The zero-order chi connectivity index (χ0) is 20.2. The molecule has 1 aromatic carbocycles. The van der Waals surface area contributed by atoms with Crippen molar-refractivity contribution in [3.05, 3.63) is 76.3 Å². The lowest BCUT2D eigenvalue weighted by atomic mass is 10.0. The Morgan fingerprint density at radius 1 is 1.21 bits per heavy atom. The maximum Gasteiger partial charge on any atom is 0.199 e. The summed E-state index contributed by atoms with van der Waals surface area (Å²) in [6.07, 6.45) is 7.86. The zero-order valence-electron chi connectivity index (χ0n) is 16.5. The number of para-hydroxylation sites is 1. The van der Waals surface area contributed by atoms with Crippen molar-refractivity contribution in [3.63, 3.8) is 0 Å². The van der Waals surface area contributed by atoms with Crippen LogP contribution in [0.1, 0.15) is 47.9 Å². The average Bonchev–Trinajstić information content (AvgIpc) is 3.19. The number of hydrogen-bond acceptors (Lipinski definition) is 5. The predicted molar refractivity (Wildman–Crippen MR) is 110 cm³/mol. The summed E-state index contributed by atoms with van der Waals surface area (Å²) in [7, 11) is 0. The highest BCUT2D eigenvalue weighted by Gasteiger charge is 2.22. The van der Waals surface area contributed by atoms with Gasteiger partial charge in [-0.15, -0.1) is 0 Å². The van der Waals surface area contributed by atoms with Gasteiger partial charge in [-0.3, -0.25) is 14.8 Å². The van der Waals surface area contributed by atoms with Gasteiger partial charge in [-0.25, -0.2) is 0 Å². The molecule has 0 aliphatic carbocycles. The number of pyridine rings is 1. The molecule has 1 unspecified atom stereocenters. The van der Waals surface area contributed by atoms with E-state index in [0.717, 1.165) is 29.2 Å². The second kappa shape index (κ2) is 8.31. The van der Waals surface area contributed by atoms with Gasteiger partial charge < -0.3 is 14.5 Å². The lowest BCUT2D eigenvalue weighted by Crippen LogP contribution is -2.30. The quantitative estimate of drug-likeness (QED) is 0.630. The normalized spacial score (nSPS) is 13.6. The molecule has 6 heteroatoms. The van der Waals surface area contributed by atoms with Crippen LogP contribution in [0.5, 0.6) is 11.5 Å². The Labute approximate surface area is 168 Å². The first kappa shape index (κ1) is 18.9. The lowest BCUT2D eigenvalue weighted by Gasteiger charge is -2.19. The molecule has 1 aliphatic heterocycles. The molecule has 148 valence electrons. The van der Waals surface area contributed by atoms with E-state index in [2.05, 4.69) is 21.0 Å². The molecule has 0 saturated carbocycles. The number of hydrogen-bond donors (Lipinski definition) is 1. The number of ether oxygens (including phenoxy) is 2. The summed E-state index contributed by atoms with van der Waals surface area (Å²) in [5.74, 6) is 0.894. The number of H-pyrrole nitrogens is 1. The second-order valence-corrected chi connectivity index (χ2v) is 6.77. The Kier molecular flexibility index (Phi) is 5.42. The van der Waals surface area contributed by atoms with Gasteiger partial charge in [0.05, 0.1) is 12.2 Å². The van der Waals surface area contributed by atoms with Crippen molar-refractivity contribution in [2.24, 2.45) is 4.99 Å². The van der Waals surface area contributed by atoms with Gasteiger partial charge in [0.25, 0.3) is 0 Å². The van der Waals surface area contributed by atoms with Gasteiger partial charge in [0.15, 0.2) is 17.3 Å². The number of fused-ring (bicyclic) bond motifs is 1. The van der Waals surface area contributed by atoms with Crippen LogP contribution in [0.3, 0.4) is 0 Å². The number of carbonyl (C=O) groups excluding carboxylic acids is 1. The SMILES string of the molecule is CCOc1c(OC(C)c2ccncc2)cccc1C(=O)c1c[nH]c2c1=CCCN=2. The van der Waals surface area contributed by atoms with Gasteiger partial charge in [0.1, 0.15) is 11.6 Å². The highest BCUT2D eigenvalue weighted by atomic mass is 16.5. The third-order valence-corrected chi connectivity index (χ3v) is 4.88. The molecule has 29 heavy (non-hydrogen) atoms. The molecular formula is C23H23N3O3. The van der Waals surface area contributed by atoms with Crippen molar-refractivity contribution in [1.82, 2.24) is 9.97 Å². The minimum Gasteiger partial charge on any atom is -0.489 e. The standard InChI is InChI=1S/C23H23N3O3/c1-3-28-22-18(21(27)19-14-26-23-17(19)7-5-11-25-23)6-4-8-20(22)29-15(2)16-9-12-24-13-10-16/h4,6-10,12-15H,3,5,11H2,1-2H3,(H,25,26). The van der Waals surface area contributed by atoms with Crippen molar-refractivity contribution in [1.29, 1.82) is 0 Å². The van der Waals surface area contributed by atoms with E-state index < -0.39 is 0 Å². The molecule has 1 atom stereocenters. The minimum atomic E-state index is -0.213. The molecule has 0 bridgehead atoms. The third-order valence-electron chi connectivity index (χ3n) is 4.88. The molecule has 0 spiro atoms. The van der Waals surface area contributed by atoms with E-state index in [9.17, 15) is 4.79 Å². The molecule has 0 fully saturated rings. The van der Waals surface area contributed by atoms with E-state index in [0.29, 0.717) is 29.2 Å². The van der Waals surface area contributed by atoms with Crippen LogP contribution >= 0.6 is 0 Å². The second-order valence-electron chi connectivity index (χ2n) is 6.77. The van der Waals surface area contributed by atoms with E-state index in [-0.39, 0.29) is 11.9 Å². The number of aromatic amines is 1. The summed E-state index contributed by atoms with van der Waals surface area (Å²) in [6.45, 7) is 5.01. The van der Waals surface area contributed by atoms with Crippen LogP contribution in [-0.4, -0.2) is 28.9 Å². The molecule has 2 aromatic heterocycles. The first-order valence-electron chi connectivity index (χ1n) is 9.78. The smallest absolute Gasteiger partial charge is 0.199 e. The van der Waals surface area contributed by atoms with Crippen LogP contribution in [0.15, 0.2) is 53.9 Å². The number of rotatable bonds is 7. The van der Waals surface area contributed by atoms with Gasteiger partial charge in [0, 0.05) is 35.9 Å². The van der Waals surface area contributed by atoms with Crippen molar-refractivity contribution in [2.75, 3.05) is 13.2 Å². The Hall–Kier alpha value is -3.41. The molecule has 1 aliphatic rings. The van der Waals surface area contributed by atoms with E-state index in [1.54, 1.807) is 24.7 Å². The fourth-order valence-corrected chi connectivity index (χ4v) is 3.45. The maximum atomic E-state index is 13.4. The molecule has 0 radical (unpaired) electrons. The van der Waals surface area contributed by atoms with Crippen molar-refractivity contribution >= 4 is 11.9 Å². The van der Waals surface area contributed by atoms with Crippen LogP contribution in [0, 0.1) is 0 Å². The van der Waals surface area contributed by atoms with Gasteiger partial charge in [-0.1, -0.05) is 12.1 Å². The van der Waals surface area contributed by atoms with Crippen molar-refractivity contribution < 1.29 is 14.3 Å². The van der Waals surface area contributed by atoms with Crippen molar-refractivity contribution in [2.45, 2.75) is 26.4 Å². The van der Waals surface area contributed by atoms with Gasteiger partial charge >= 0.3 is 0 Å². The van der Waals surface area contributed by atoms with E-state index >= 15 is 0 Å². The number of ketones is 1. The molecule has 3 heterocycles. The number of benzene rings is 1. The van der Waals surface area contributed by atoms with E-state index in [4.69, 9.17) is 9.47 Å². The van der Waals surface area contributed by atoms with E-state index in [1.807, 2.05) is 38.1 Å². The fraction of sp³-hybridized carbons (Fsp3) is 0.261. The first-order chi connectivity index (χ1) is 14.2. The zero-order valence-corrected chi connectivity index (χ0v) is 16.5. The minimum absolute atomic E-state index is 0.110. The summed E-state index contributed by atoms with van der Waals surface area (Å²) in [5.41, 5.74) is 2.84. The summed E-state index contributed by atoms with van der Waals surface area (Å²) in [6, 6.07) is 9.23. The fourth-order valence-electron chi connectivity index (χ4n) is 3.45. The average molecular weight is 389 g/mol. The van der Waals surface area contributed by atoms with Crippen LogP contribution < -0.4 is 20.2 Å². The molecule has 0 amide bonds. The Bertz CT molecular complexity index is 1140. The van der Waals surface area contributed by atoms with Gasteiger partial charge in [-0.05, 0) is 50.1 Å². The van der Waals surface area contributed by atoms with Crippen molar-refractivity contribution in [3.8, 4) is 11.5 Å². The third kappa shape index (κ3) is 3.78. The first-order valence-corrected chi connectivity index (χ1v) is 9.78. The summed E-state index contributed by atoms with van der Waals surface area (Å²) >= 11 is 0. The van der Waals surface area contributed by atoms with Crippen LogP contribution in [0.25, 0.3) is 6.08 Å². The topological polar surface area (TPSA) is 76.6 Å². The Morgan fingerprint density at radius 2 is 2.03 bits per heavy atom. The molecule has 3 aromatic rings. The van der Waals surface area contributed by atoms with E-state index in [1.165, 1.54) is 0 Å². The summed E-state index contributed by atoms with van der Waals surface area (Å²) in [4.78, 5) is 24.9. The predicted octanol–water partition coefficient (Wildman–Crippen LogP) is 2.98. The Balaban J connectivity index is 1.72. The molecular weight excluding hydrogens is 366 g/mol. The van der Waals surface area contributed by atoms with Crippen LogP contribution in [0.2, 0.25) is 0 Å². The highest BCUT2D eigenvalue weighted by Crippen LogP contribution is 2.35. The highest BCUT2D eigenvalue weighted by molar-refractivity contribution is 6.11. The number of nitrogens with zero attached hydrogens (tertiary/aromatic N) is 2. The molecule has 1 N–H and O–H groups in total. The van der Waals surface area contributed by atoms with Crippen LogP contribution in [-0.2, 0) is 0 Å². The van der Waals surface area contributed by atoms with Gasteiger partial charge in [-0.2, -0.15) is 0 Å². The number of nitrogens with one attached hydrogen (secondary N) is 1. The molecule has 6 nitrogen and oxygen atoms in total. The maximum absolute atomic E-state index is 13.4. The lowest BCUT2D eigenvalue weighted by molar-refractivity contribution is 0.103. The summed E-state index contributed by atoms with van der Waals surface area (Å²) in [5, 5.41) is 0.861. The molecule has 4 rings (SSSR count). The summed E-state index contributed by atoms with van der Waals surface area (Å²) < 4.78 is 12.0. The van der Waals surface area contributed by atoms with Gasteiger partial charge in [0.2, 0.25) is 0 Å². The Morgan fingerprint density at radius 3 is 2.83 bits per heavy atom. The van der Waals surface area contributed by atoms with Crippen LogP contribution in [0.4, 0.5) is 0 Å². The molecule has 0 saturated heterocycles.